The standard InChI is InChI=1S/C23H28FN5O4S/c1-27(8-9-33-3)20(30)14-29-12-17(11-25-22(29)32)10-18-13-28(2)23(26-21(18)31)34-15-16-4-6-19(24)7-5-16/h4-7,11-13,20,30H,8-10,14-15H2,1-3H3. The van der Waals surface area contributed by atoms with Crippen molar-refractivity contribution in [3.05, 3.63) is 86.2 Å². The fourth-order valence-corrected chi connectivity index (χ4v) is 4.10. The number of rotatable bonds is 11. The molecule has 34 heavy (non-hydrogen) atoms. The van der Waals surface area contributed by atoms with Crippen LogP contribution in [0.25, 0.3) is 0 Å². The van der Waals surface area contributed by atoms with Gasteiger partial charge in [0.15, 0.2) is 5.16 Å². The zero-order chi connectivity index (χ0) is 24.7. The molecule has 0 saturated heterocycles. The highest BCUT2D eigenvalue weighted by Crippen LogP contribution is 2.20. The SMILES string of the molecule is COCCN(C)C(O)Cn1cc(Cc2cn(C)c(SCc3ccc(F)cc3)nc2=O)cnc1=O. The van der Waals surface area contributed by atoms with E-state index in [0.29, 0.717) is 35.2 Å². The van der Waals surface area contributed by atoms with Crippen LogP contribution in [0.15, 0.2) is 57.6 Å². The molecule has 3 rings (SSSR count). The Morgan fingerprint density at radius 3 is 2.65 bits per heavy atom. The maximum Gasteiger partial charge on any atom is 0.347 e. The molecule has 2 heterocycles. The topological polar surface area (TPSA) is 102 Å². The summed E-state index contributed by atoms with van der Waals surface area (Å²) in [5.74, 6) is 0.257. The fraction of sp³-hybridized carbons (Fsp3) is 0.391. The van der Waals surface area contributed by atoms with E-state index in [0.717, 1.165) is 5.56 Å². The predicted molar refractivity (Wildman–Crippen MR) is 127 cm³/mol. The van der Waals surface area contributed by atoms with Crippen molar-refractivity contribution < 1.29 is 14.2 Å². The molecule has 0 spiro atoms. The van der Waals surface area contributed by atoms with E-state index in [1.807, 2.05) is 0 Å². The minimum Gasteiger partial charge on any atom is -0.383 e. The second kappa shape index (κ2) is 12.0. The van der Waals surface area contributed by atoms with Gasteiger partial charge in [-0.15, -0.1) is 0 Å². The molecule has 0 radical (unpaired) electrons. The van der Waals surface area contributed by atoms with Crippen LogP contribution in [0, 0.1) is 5.82 Å². The molecule has 1 atom stereocenters. The van der Waals surface area contributed by atoms with Crippen molar-refractivity contribution in [1.29, 1.82) is 0 Å². The normalized spacial score (nSPS) is 12.3. The summed E-state index contributed by atoms with van der Waals surface area (Å²) in [7, 11) is 5.11. The van der Waals surface area contributed by atoms with Crippen LogP contribution in [0.3, 0.4) is 0 Å². The zero-order valence-corrected chi connectivity index (χ0v) is 20.2. The van der Waals surface area contributed by atoms with E-state index in [-0.39, 0.29) is 24.3 Å². The maximum absolute atomic E-state index is 13.1. The summed E-state index contributed by atoms with van der Waals surface area (Å²) in [4.78, 5) is 34.5. The number of aromatic nitrogens is 4. The van der Waals surface area contributed by atoms with Crippen LogP contribution in [0.1, 0.15) is 16.7 Å². The largest absolute Gasteiger partial charge is 0.383 e. The van der Waals surface area contributed by atoms with Gasteiger partial charge in [-0.2, -0.15) is 4.98 Å². The van der Waals surface area contributed by atoms with Gasteiger partial charge < -0.3 is 14.4 Å². The molecule has 11 heteroatoms. The summed E-state index contributed by atoms with van der Waals surface area (Å²) in [6.45, 7) is 0.997. The van der Waals surface area contributed by atoms with Crippen LogP contribution >= 0.6 is 11.8 Å². The van der Waals surface area contributed by atoms with Gasteiger partial charge in [0.05, 0.1) is 13.2 Å². The summed E-state index contributed by atoms with van der Waals surface area (Å²) >= 11 is 1.38. The predicted octanol–water partition coefficient (Wildman–Crippen LogP) is 1.26. The third-order valence-corrected chi connectivity index (χ3v) is 6.34. The molecule has 0 saturated carbocycles. The fourth-order valence-electron chi connectivity index (χ4n) is 3.21. The van der Waals surface area contributed by atoms with Gasteiger partial charge >= 0.3 is 5.69 Å². The zero-order valence-electron chi connectivity index (χ0n) is 19.3. The Morgan fingerprint density at radius 1 is 1.21 bits per heavy atom. The van der Waals surface area contributed by atoms with E-state index in [1.165, 1.54) is 34.7 Å². The van der Waals surface area contributed by atoms with Crippen molar-refractivity contribution >= 4 is 11.8 Å². The number of hydrogen-bond donors (Lipinski definition) is 1. The van der Waals surface area contributed by atoms with Crippen LogP contribution in [-0.4, -0.2) is 62.6 Å². The summed E-state index contributed by atoms with van der Waals surface area (Å²) in [5.41, 5.74) is 1.18. The first kappa shape index (κ1) is 25.8. The van der Waals surface area contributed by atoms with Crippen molar-refractivity contribution in [1.82, 2.24) is 24.0 Å². The number of nitrogens with zero attached hydrogens (tertiary/aromatic N) is 5. The van der Waals surface area contributed by atoms with Crippen LogP contribution in [-0.2, 0) is 30.5 Å². The summed E-state index contributed by atoms with van der Waals surface area (Å²) in [6, 6.07) is 6.19. The molecule has 3 aromatic rings. The Hall–Kier alpha value is -2.86. The first-order valence-corrected chi connectivity index (χ1v) is 11.6. The number of ether oxygens (including phenoxy) is 1. The summed E-state index contributed by atoms with van der Waals surface area (Å²) in [5, 5.41) is 10.9. The van der Waals surface area contributed by atoms with Gasteiger partial charge in [-0.3, -0.25) is 14.3 Å². The maximum atomic E-state index is 13.1. The van der Waals surface area contributed by atoms with Crippen molar-refractivity contribution in [3.8, 4) is 0 Å². The minimum atomic E-state index is -0.892. The van der Waals surface area contributed by atoms with Gasteiger partial charge in [0.2, 0.25) is 0 Å². The Balaban J connectivity index is 1.70. The first-order valence-electron chi connectivity index (χ1n) is 10.6. The highest BCUT2D eigenvalue weighted by molar-refractivity contribution is 7.98. The van der Waals surface area contributed by atoms with Crippen molar-refractivity contribution in [2.45, 2.75) is 30.1 Å². The van der Waals surface area contributed by atoms with Crippen molar-refractivity contribution in [3.63, 3.8) is 0 Å². The number of methoxy groups -OCH3 is 1. The van der Waals surface area contributed by atoms with E-state index in [9.17, 15) is 19.1 Å². The number of aliphatic hydroxyl groups is 1. The molecule has 0 bridgehead atoms. The van der Waals surface area contributed by atoms with Gasteiger partial charge in [0.1, 0.15) is 12.0 Å². The number of thioether (sulfide) groups is 1. The quantitative estimate of drug-likeness (QED) is 0.244. The Kier molecular flexibility index (Phi) is 9.11. The minimum absolute atomic E-state index is 0.0368. The lowest BCUT2D eigenvalue weighted by Crippen LogP contribution is -2.40. The average molecular weight is 490 g/mol. The summed E-state index contributed by atoms with van der Waals surface area (Å²) in [6.07, 6.45) is 4.09. The molecule has 1 unspecified atom stereocenters. The third-order valence-electron chi connectivity index (χ3n) is 5.22. The monoisotopic (exact) mass is 489 g/mol. The Labute approximate surface area is 200 Å². The molecular weight excluding hydrogens is 461 g/mol. The molecular formula is C23H28FN5O4S. The number of hydrogen-bond acceptors (Lipinski definition) is 8. The van der Waals surface area contributed by atoms with E-state index in [4.69, 9.17) is 4.74 Å². The molecule has 0 fully saturated rings. The molecule has 182 valence electrons. The molecule has 9 nitrogen and oxygen atoms in total. The number of benzene rings is 1. The van der Waals surface area contributed by atoms with Crippen LogP contribution in [0.4, 0.5) is 4.39 Å². The number of halogens is 1. The Bertz CT molecular complexity index is 1220. The molecule has 0 aliphatic carbocycles. The number of aliphatic hydroxyl groups excluding tert-OH is 1. The molecule has 2 aromatic heterocycles. The Morgan fingerprint density at radius 2 is 1.94 bits per heavy atom. The lowest BCUT2D eigenvalue weighted by atomic mass is 10.1. The van der Waals surface area contributed by atoms with Crippen LogP contribution in [0.2, 0.25) is 0 Å². The number of aryl methyl sites for hydroxylation is 1. The van der Waals surface area contributed by atoms with Gasteiger partial charge in [-0.05, 0) is 30.3 Å². The molecule has 0 amide bonds. The van der Waals surface area contributed by atoms with Gasteiger partial charge in [-0.25, -0.2) is 14.2 Å². The first-order chi connectivity index (χ1) is 16.3. The highest BCUT2D eigenvalue weighted by atomic mass is 32.2. The second-order valence-corrected chi connectivity index (χ2v) is 8.85. The van der Waals surface area contributed by atoms with Crippen molar-refractivity contribution in [2.75, 3.05) is 27.3 Å². The molecule has 1 N–H and O–H groups in total. The lowest BCUT2D eigenvalue weighted by molar-refractivity contribution is -0.00451. The van der Waals surface area contributed by atoms with Crippen molar-refractivity contribution in [2.24, 2.45) is 7.05 Å². The van der Waals surface area contributed by atoms with Gasteiger partial charge in [-0.1, -0.05) is 23.9 Å². The molecule has 1 aromatic carbocycles. The van der Waals surface area contributed by atoms with E-state index in [2.05, 4.69) is 9.97 Å². The second-order valence-electron chi connectivity index (χ2n) is 7.91. The molecule has 0 aliphatic rings. The van der Waals surface area contributed by atoms with Gasteiger partial charge in [0, 0.05) is 57.0 Å². The lowest BCUT2D eigenvalue weighted by Gasteiger charge is -2.23. The van der Waals surface area contributed by atoms with E-state index < -0.39 is 11.9 Å². The van der Waals surface area contributed by atoms with E-state index >= 15 is 0 Å². The molecule has 0 aliphatic heterocycles. The third kappa shape index (κ3) is 7.07. The van der Waals surface area contributed by atoms with Gasteiger partial charge in [0.25, 0.3) is 5.56 Å². The van der Waals surface area contributed by atoms with Crippen LogP contribution in [0.5, 0.6) is 0 Å². The average Bonchev–Trinajstić information content (AvgIpc) is 2.81. The van der Waals surface area contributed by atoms with E-state index in [1.54, 1.807) is 55.2 Å². The summed E-state index contributed by atoms with van der Waals surface area (Å²) < 4.78 is 21.2. The van der Waals surface area contributed by atoms with Crippen LogP contribution < -0.4 is 11.2 Å². The highest BCUT2D eigenvalue weighted by Gasteiger charge is 2.14. The number of likely N-dealkylation sites (N-methyl/N-ethyl adjacent to an activating group) is 1. The smallest absolute Gasteiger partial charge is 0.347 e.